The lowest BCUT2D eigenvalue weighted by atomic mass is 10.1. The van der Waals surface area contributed by atoms with Gasteiger partial charge in [0.2, 0.25) is 0 Å². The highest BCUT2D eigenvalue weighted by Crippen LogP contribution is 2.43. The molecule has 0 rings (SSSR count). The second-order valence-corrected chi connectivity index (χ2v) is 15.7. The van der Waals surface area contributed by atoms with Gasteiger partial charge >= 0.3 is 19.8 Å². The molecule has 13 nitrogen and oxygen atoms in total. The minimum absolute atomic E-state index is 0.0765. The molecule has 0 radical (unpaired) electrons. The zero-order chi connectivity index (χ0) is 44.5. The number of rotatable bonds is 38. The fourth-order valence-electron chi connectivity index (χ4n) is 5.13. The molecule has 0 aromatic carbocycles. The van der Waals surface area contributed by atoms with E-state index in [2.05, 4.69) is 67.0 Å². The lowest BCUT2D eigenvalue weighted by Gasteiger charge is -2.20. The van der Waals surface area contributed by atoms with E-state index in [-0.39, 0.29) is 25.7 Å². The fraction of sp³-hybridized carbons (Fsp3) is 0.609. The number of phosphoric ester groups is 1. The van der Waals surface area contributed by atoms with Crippen molar-refractivity contribution < 1.29 is 63.1 Å². The Kier molecular flexibility index (Phi) is 37.7. The van der Waals surface area contributed by atoms with Crippen LogP contribution in [0.4, 0.5) is 0 Å². The molecule has 342 valence electrons. The molecule has 60 heavy (non-hydrogen) atoms. The summed E-state index contributed by atoms with van der Waals surface area (Å²) in [5, 5.41) is 48.8. The molecule has 0 aliphatic rings. The summed E-state index contributed by atoms with van der Waals surface area (Å²) in [6.45, 7) is 1.71. The van der Waals surface area contributed by atoms with Crippen molar-refractivity contribution in [1.29, 1.82) is 0 Å². The molecule has 0 aromatic rings. The van der Waals surface area contributed by atoms with Gasteiger partial charge in [0, 0.05) is 12.8 Å². The number of unbranched alkanes of at least 4 members (excludes halogenated alkanes) is 6. The van der Waals surface area contributed by atoms with Gasteiger partial charge in [-0.3, -0.25) is 18.6 Å². The van der Waals surface area contributed by atoms with Crippen LogP contribution < -0.4 is 0 Å². The van der Waals surface area contributed by atoms with E-state index in [1.807, 2.05) is 0 Å². The Balaban J connectivity index is 4.69. The first kappa shape index (κ1) is 56.8. The largest absolute Gasteiger partial charge is 0.472 e. The Morgan fingerprint density at radius 2 is 1.20 bits per heavy atom. The predicted molar refractivity (Wildman–Crippen MR) is 237 cm³/mol. The molecule has 6 atom stereocenters. The number of hydrogen-bond donors (Lipinski definition) is 6. The second-order valence-electron chi connectivity index (χ2n) is 14.2. The number of aliphatic hydroxyl groups excluding tert-OH is 5. The molecule has 0 spiro atoms. The van der Waals surface area contributed by atoms with Gasteiger partial charge in [0.15, 0.2) is 6.10 Å². The van der Waals surface area contributed by atoms with Gasteiger partial charge in [-0.1, -0.05) is 143 Å². The number of esters is 2. The molecule has 0 aliphatic heterocycles. The SMILES string of the molecule is CC/C=C\C/C=C\C/C=C\C/C=C\CCCCCCC(=O)O[C@H](COC(=O)CCC[C@@H](O)[C@H](O)/C=C/C=C/C=C\C=C\[C@H](O)CCCCC)COP(=O)(O)OC[C@@H](O)CO. The number of aliphatic hydroxyl groups is 5. The molecule has 0 saturated heterocycles. The Bertz CT molecular complexity index is 1370. The molecule has 0 fully saturated rings. The van der Waals surface area contributed by atoms with Crippen LogP contribution in [0.1, 0.15) is 123 Å². The average molecular weight is 867 g/mol. The summed E-state index contributed by atoms with van der Waals surface area (Å²) in [6.07, 6.45) is 37.4. The van der Waals surface area contributed by atoms with E-state index in [4.69, 9.17) is 19.1 Å². The third kappa shape index (κ3) is 37.7. The number of hydrogen-bond acceptors (Lipinski definition) is 12. The minimum atomic E-state index is -4.72. The van der Waals surface area contributed by atoms with Gasteiger partial charge < -0.3 is 39.9 Å². The van der Waals surface area contributed by atoms with Crippen LogP contribution in [0.25, 0.3) is 0 Å². The monoisotopic (exact) mass is 866 g/mol. The van der Waals surface area contributed by atoms with Crippen molar-refractivity contribution in [1.82, 2.24) is 0 Å². The number of carbonyl (C=O) groups is 2. The maximum Gasteiger partial charge on any atom is 0.472 e. The summed E-state index contributed by atoms with van der Waals surface area (Å²) in [7, 11) is -4.72. The van der Waals surface area contributed by atoms with Crippen LogP contribution in [0.2, 0.25) is 0 Å². The molecule has 0 aliphatic carbocycles. The van der Waals surface area contributed by atoms with Gasteiger partial charge in [0.25, 0.3) is 0 Å². The van der Waals surface area contributed by atoms with Crippen molar-refractivity contribution in [2.45, 2.75) is 154 Å². The van der Waals surface area contributed by atoms with Crippen LogP contribution in [0.15, 0.2) is 97.2 Å². The molecule has 0 heterocycles. The van der Waals surface area contributed by atoms with Crippen LogP contribution in [-0.4, -0.2) is 99.3 Å². The van der Waals surface area contributed by atoms with Gasteiger partial charge in [-0.25, -0.2) is 4.57 Å². The molecular weight excluding hydrogens is 791 g/mol. The fourth-order valence-corrected chi connectivity index (χ4v) is 5.92. The molecule has 0 amide bonds. The van der Waals surface area contributed by atoms with E-state index < -0.39 is 76.7 Å². The van der Waals surface area contributed by atoms with Crippen molar-refractivity contribution in [3.05, 3.63) is 97.2 Å². The predicted octanol–water partition coefficient (Wildman–Crippen LogP) is 8.13. The molecule has 14 heteroatoms. The van der Waals surface area contributed by atoms with E-state index in [0.29, 0.717) is 6.42 Å². The van der Waals surface area contributed by atoms with Gasteiger partial charge in [0.05, 0.1) is 38.1 Å². The van der Waals surface area contributed by atoms with Gasteiger partial charge in [-0.05, 0) is 64.2 Å². The first-order valence-electron chi connectivity index (χ1n) is 21.5. The van der Waals surface area contributed by atoms with Crippen LogP contribution in [0.5, 0.6) is 0 Å². The number of allylic oxidation sites excluding steroid dienone is 14. The zero-order valence-electron chi connectivity index (χ0n) is 36.0. The highest BCUT2D eigenvalue weighted by atomic mass is 31.2. The van der Waals surface area contributed by atoms with E-state index in [9.17, 15) is 39.5 Å². The van der Waals surface area contributed by atoms with Crippen LogP contribution in [-0.2, 0) is 32.7 Å². The van der Waals surface area contributed by atoms with Crippen LogP contribution in [0.3, 0.4) is 0 Å². The number of ether oxygens (including phenoxy) is 2. The molecule has 0 saturated carbocycles. The van der Waals surface area contributed by atoms with E-state index >= 15 is 0 Å². The normalized spacial score (nSPS) is 16.3. The number of phosphoric acid groups is 1. The van der Waals surface area contributed by atoms with Gasteiger partial charge in [-0.15, -0.1) is 0 Å². The summed E-state index contributed by atoms with van der Waals surface area (Å²) in [5.41, 5.74) is 0. The lowest BCUT2D eigenvalue weighted by Crippen LogP contribution is -2.30. The first-order valence-corrected chi connectivity index (χ1v) is 23.0. The van der Waals surface area contributed by atoms with Crippen molar-refractivity contribution in [2.24, 2.45) is 0 Å². The van der Waals surface area contributed by atoms with Crippen molar-refractivity contribution >= 4 is 19.8 Å². The first-order chi connectivity index (χ1) is 28.9. The Morgan fingerprint density at radius 3 is 1.85 bits per heavy atom. The van der Waals surface area contributed by atoms with Gasteiger partial charge in [0.1, 0.15) is 12.7 Å². The van der Waals surface area contributed by atoms with Gasteiger partial charge in [-0.2, -0.15) is 0 Å². The maximum absolute atomic E-state index is 12.6. The Morgan fingerprint density at radius 1 is 0.617 bits per heavy atom. The van der Waals surface area contributed by atoms with E-state index in [0.717, 1.165) is 77.0 Å². The molecule has 0 bridgehead atoms. The average Bonchev–Trinajstić information content (AvgIpc) is 3.22. The third-order valence-electron chi connectivity index (χ3n) is 8.59. The zero-order valence-corrected chi connectivity index (χ0v) is 36.9. The van der Waals surface area contributed by atoms with E-state index in [1.54, 1.807) is 42.5 Å². The summed E-state index contributed by atoms with van der Waals surface area (Å²) in [6, 6.07) is 0. The Labute approximate surface area is 359 Å². The highest BCUT2D eigenvalue weighted by Gasteiger charge is 2.27. The standard InChI is InChI=1S/C46H75O13P/c1-3-5-7-8-9-10-11-12-13-14-15-16-17-18-19-24-28-34-46(53)59-42(39-58-60(54,55)57-37-41(49)36-47)38-56-45(52)35-29-33-44(51)43(50)32-27-23-21-20-22-26-31-40(48)30-25-6-4-2/h5,7,9-10,12-13,15-16,20-23,26-27,31-32,40-44,47-51H,3-4,6,8,11,14,17-19,24-25,28-30,33-39H2,1-2H3,(H,54,55)/b7-5-,10-9-,13-12-,16-15-,22-20-,23-21+,31-26+,32-27+/t40-,41+,42-,43-,44-/m1/s1. The molecule has 0 aromatic heterocycles. The summed E-state index contributed by atoms with van der Waals surface area (Å²) < 4.78 is 32.4. The van der Waals surface area contributed by atoms with Crippen molar-refractivity contribution in [3.63, 3.8) is 0 Å². The Hall–Kier alpha value is -3.23. The number of carbonyl (C=O) groups excluding carboxylic acids is 2. The summed E-state index contributed by atoms with van der Waals surface area (Å²) in [5.74, 6) is -1.29. The van der Waals surface area contributed by atoms with Crippen molar-refractivity contribution in [2.75, 3.05) is 26.4 Å². The smallest absolute Gasteiger partial charge is 0.462 e. The maximum atomic E-state index is 12.6. The molecular formula is C46H75O13P. The third-order valence-corrected chi connectivity index (χ3v) is 9.54. The summed E-state index contributed by atoms with van der Waals surface area (Å²) >= 11 is 0. The summed E-state index contributed by atoms with van der Waals surface area (Å²) in [4.78, 5) is 35.0. The van der Waals surface area contributed by atoms with Crippen LogP contribution >= 0.6 is 7.82 Å². The lowest BCUT2D eigenvalue weighted by molar-refractivity contribution is -0.161. The minimum Gasteiger partial charge on any atom is -0.462 e. The molecule has 1 unspecified atom stereocenters. The highest BCUT2D eigenvalue weighted by molar-refractivity contribution is 7.47. The quantitative estimate of drug-likeness (QED) is 0.0114. The second kappa shape index (κ2) is 39.9. The van der Waals surface area contributed by atoms with Crippen molar-refractivity contribution in [3.8, 4) is 0 Å². The molecule has 6 N–H and O–H groups in total. The van der Waals surface area contributed by atoms with Crippen LogP contribution in [0, 0.1) is 0 Å². The topological polar surface area (TPSA) is 210 Å². The van der Waals surface area contributed by atoms with E-state index in [1.165, 1.54) is 6.08 Å².